The highest BCUT2D eigenvalue weighted by atomic mass is 35.5. The highest BCUT2D eigenvalue weighted by molar-refractivity contribution is 6.30. The lowest BCUT2D eigenvalue weighted by Crippen LogP contribution is -2.15. The van der Waals surface area contributed by atoms with Gasteiger partial charge in [0, 0.05) is 5.02 Å². The second-order valence-corrected chi connectivity index (χ2v) is 4.86. The number of aromatic nitrogens is 4. The van der Waals surface area contributed by atoms with Gasteiger partial charge in [-0.25, -0.2) is 19.3 Å². The van der Waals surface area contributed by atoms with E-state index in [1.54, 1.807) is 31.2 Å². The third kappa shape index (κ3) is 2.17. The Bertz CT molecular complexity index is 928. The van der Waals surface area contributed by atoms with Crippen molar-refractivity contribution in [3.8, 4) is 5.69 Å². The van der Waals surface area contributed by atoms with Crippen molar-refractivity contribution in [3.05, 3.63) is 51.3 Å². The predicted octanol–water partition coefficient (Wildman–Crippen LogP) is 1.17. The van der Waals surface area contributed by atoms with Crippen LogP contribution in [-0.2, 0) is 0 Å². The maximum Gasteiger partial charge on any atom is 0.332 e. The summed E-state index contributed by atoms with van der Waals surface area (Å²) in [5, 5.41) is 0.481. The molecule has 0 fully saturated rings. The zero-order valence-electron chi connectivity index (χ0n) is 10.9. The van der Waals surface area contributed by atoms with Crippen molar-refractivity contribution in [1.29, 1.82) is 0 Å². The first kappa shape index (κ1) is 13.3. The first-order chi connectivity index (χ1) is 9.97. The van der Waals surface area contributed by atoms with Crippen LogP contribution >= 0.6 is 11.6 Å². The van der Waals surface area contributed by atoms with Gasteiger partial charge in [-0.05, 0) is 25.1 Å². The van der Waals surface area contributed by atoms with Gasteiger partial charge in [0.15, 0.2) is 11.3 Å². The number of H-pyrrole nitrogens is 1. The molecule has 106 valence electrons. The maximum absolute atomic E-state index is 12.2. The Morgan fingerprint density at radius 3 is 2.81 bits per heavy atom. The molecule has 0 aliphatic rings. The molecule has 0 aliphatic heterocycles. The van der Waals surface area contributed by atoms with Gasteiger partial charge in [0.2, 0.25) is 0 Å². The highest BCUT2D eigenvalue weighted by Crippen LogP contribution is 2.18. The Kier molecular flexibility index (Phi) is 2.99. The summed E-state index contributed by atoms with van der Waals surface area (Å²) >= 11 is 5.95. The largest absolute Gasteiger partial charge is 0.364 e. The summed E-state index contributed by atoms with van der Waals surface area (Å²) in [6.45, 7) is 1.62. The van der Waals surface area contributed by atoms with Gasteiger partial charge in [0.05, 0.1) is 5.69 Å². The van der Waals surface area contributed by atoms with Gasteiger partial charge in [-0.2, -0.15) is 0 Å². The molecule has 7 nitrogen and oxygen atoms in total. The molecule has 0 aliphatic carbocycles. The van der Waals surface area contributed by atoms with E-state index in [4.69, 9.17) is 17.3 Å². The number of benzene rings is 1. The van der Waals surface area contributed by atoms with Gasteiger partial charge in [0.1, 0.15) is 11.3 Å². The fourth-order valence-electron chi connectivity index (χ4n) is 2.13. The fourth-order valence-corrected chi connectivity index (χ4v) is 2.31. The number of nitrogens with two attached hydrogens (primary N) is 1. The number of nitrogens with one attached hydrogen (secondary N) is 1. The molecule has 0 unspecified atom stereocenters. The van der Waals surface area contributed by atoms with Crippen LogP contribution in [0.2, 0.25) is 5.02 Å². The summed E-state index contributed by atoms with van der Waals surface area (Å²) in [4.78, 5) is 34.4. The summed E-state index contributed by atoms with van der Waals surface area (Å²) in [6.07, 6.45) is 0. The topological polar surface area (TPSA) is 107 Å². The monoisotopic (exact) mass is 303 g/mol. The fraction of sp³-hybridized carbons (Fsp3) is 0.0769. The number of hydrogen-bond donors (Lipinski definition) is 2. The lowest BCUT2D eigenvalue weighted by atomic mass is 10.3. The molecule has 0 saturated heterocycles. The number of hydrogen-bond acceptors (Lipinski definition) is 4. The van der Waals surface area contributed by atoms with Crippen LogP contribution < -0.4 is 11.4 Å². The van der Waals surface area contributed by atoms with Crippen LogP contribution in [0.15, 0.2) is 29.1 Å². The van der Waals surface area contributed by atoms with E-state index in [0.717, 1.165) is 0 Å². The minimum atomic E-state index is -0.731. The Hall–Kier alpha value is -2.67. The van der Waals surface area contributed by atoms with Crippen LogP contribution in [0.3, 0.4) is 0 Å². The van der Waals surface area contributed by atoms with Gasteiger partial charge in [-0.15, -0.1) is 0 Å². The molecule has 1 aromatic carbocycles. The van der Waals surface area contributed by atoms with Crippen molar-refractivity contribution in [2.24, 2.45) is 5.73 Å². The molecule has 0 spiro atoms. The van der Waals surface area contributed by atoms with Crippen molar-refractivity contribution in [1.82, 2.24) is 19.5 Å². The summed E-state index contributed by atoms with van der Waals surface area (Å²) in [6, 6.07) is 6.74. The molecule has 2 aromatic heterocycles. The summed E-state index contributed by atoms with van der Waals surface area (Å²) in [7, 11) is 0. The molecule has 3 rings (SSSR count). The molecule has 0 atom stereocenters. The molecule has 1 amide bonds. The van der Waals surface area contributed by atoms with Gasteiger partial charge < -0.3 is 10.7 Å². The molecule has 3 aromatic rings. The average Bonchev–Trinajstić information content (AvgIpc) is 2.73. The van der Waals surface area contributed by atoms with Crippen LogP contribution in [0.1, 0.15) is 16.3 Å². The minimum Gasteiger partial charge on any atom is -0.364 e. The van der Waals surface area contributed by atoms with Crippen LogP contribution in [0.4, 0.5) is 0 Å². The molecule has 0 radical (unpaired) electrons. The van der Waals surface area contributed by atoms with Crippen molar-refractivity contribution in [2.45, 2.75) is 6.92 Å². The molecular weight excluding hydrogens is 294 g/mol. The second-order valence-electron chi connectivity index (χ2n) is 4.43. The maximum atomic E-state index is 12.2. The van der Waals surface area contributed by atoms with E-state index >= 15 is 0 Å². The van der Waals surface area contributed by atoms with Gasteiger partial charge in [0.25, 0.3) is 5.91 Å². The van der Waals surface area contributed by atoms with E-state index in [1.165, 1.54) is 4.57 Å². The zero-order valence-corrected chi connectivity index (χ0v) is 11.7. The van der Waals surface area contributed by atoms with E-state index in [-0.39, 0.29) is 16.9 Å². The molecule has 0 bridgehead atoms. The number of carbonyl (C=O) groups excluding carboxylic acids is 1. The number of carbonyl (C=O) groups is 1. The van der Waals surface area contributed by atoms with Crippen molar-refractivity contribution >= 4 is 28.7 Å². The number of halogens is 1. The zero-order chi connectivity index (χ0) is 15.1. The normalized spacial score (nSPS) is 11.0. The van der Waals surface area contributed by atoms with Crippen molar-refractivity contribution in [3.63, 3.8) is 0 Å². The number of imidazole rings is 1. The quantitative estimate of drug-likeness (QED) is 0.741. The van der Waals surface area contributed by atoms with E-state index in [1.807, 2.05) is 0 Å². The van der Waals surface area contributed by atoms with E-state index in [9.17, 15) is 9.59 Å². The number of primary amides is 1. The Labute approximate surface area is 123 Å². The van der Waals surface area contributed by atoms with Crippen LogP contribution in [-0.4, -0.2) is 25.4 Å². The Balaban J connectivity index is 2.42. The number of fused-ring (bicyclic) bond motifs is 1. The highest BCUT2D eigenvalue weighted by Gasteiger charge is 2.18. The van der Waals surface area contributed by atoms with E-state index in [0.29, 0.717) is 16.5 Å². The first-order valence-corrected chi connectivity index (χ1v) is 6.40. The third-order valence-electron chi connectivity index (χ3n) is 2.95. The molecule has 0 saturated carbocycles. The van der Waals surface area contributed by atoms with Crippen LogP contribution in [0.5, 0.6) is 0 Å². The number of aryl methyl sites for hydroxylation is 1. The number of aromatic amines is 1. The Morgan fingerprint density at radius 1 is 1.38 bits per heavy atom. The van der Waals surface area contributed by atoms with E-state index in [2.05, 4.69) is 15.0 Å². The smallest absolute Gasteiger partial charge is 0.332 e. The summed E-state index contributed by atoms with van der Waals surface area (Å²) in [5.41, 5.74) is 5.84. The number of rotatable bonds is 2. The van der Waals surface area contributed by atoms with Gasteiger partial charge in [-0.3, -0.25) is 4.79 Å². The molecule has 2 heterocycles. The standard InChI is InChI=1S/C13H10ClN5O2/c1-6-16-9(11(15)20)10-12(17-6)19(13(21)18-10)8-4-2-3-7(14)5-8/h2-5H,1H3,(H2,15,20)(H,18,21). The molecule has 8 heteroatoms. The van der Waals surface area contributed by atoms with Gasteiger partial charge in [-0.1, -0.05) is 17.7 Å². The minimum absolute atomic E-state index is 0.0182. The Morgan fingerprint density at radius 2 is 2.14 bits per heavy atom. The SMILES string of the molecule is Cc1nc(C(N)=O)c2[nH]c(=O)n(-c3cccc(Cl)c3)c2n1. The van der Waals surface area contributed by atoms with Crippen LogP contribution in [0.25, 0.3) is 16.9 Å². The van der Waals surface area contributed by atoms with E-state index < -0.39 is 11.6 Å². The summed E-state index contributed by atoms with van der Waals surface area (Å²) in [5.74, 6) is -0.393. The second kappa shape index (κ2) is 4.71. The summed E-state index contributed by atoms with van der Waals surface area (Å²) < 4.78 is 1.32. The lowest BCUT2D eigenvalue weighted by molar-refractivity contribution is 0.0997. The number of nitrogens with zero attached hydrogens (tertiary/aromatic N) is 3. The van der Waals surface area contributed by atoms with Crippen LogP contribution in [0, 0.1) is 6.92 Å². The average molecular weight is 304 g/mol. The predicted molar refractivity (Wildman–Crippen MR) is 77.8 cm³/mol. The van der Waals surface area contributed by atoms with Crippen molar-refractivity contribution in [2.75, 3.05) is 0 Å². The molecule has 3 N–H and O–H groups in total. The molecular formula is C13H10ClN5O2. The third-order valence-corrected chi connectivity index (χ3v) is 3.18. The molecule has 21 heavy (non-hydrogen) atoms. The lowest BCUT2D eigenvalue weighted by Gasteiger charge is -2.04. The van der Waals surface area contributed by atoms with Gasteiger partial charge >= 0.3 is 5.69 Å². The first-order valence-electron chi connectivity index (χ1n) is 6.02. The van der Waals surface area contributed by atoms with Crippen molar-refractivity contribution < 1.29 is 4.79 Å². The number of amides is 1.